The van der Waals surface area contributed by atoms with Crippen LogP contribution in [0.5, 0.6) is 11.5 Å². The standard InChI is InChI=1S/C15H14O3/c1-9-3-5-11(6-4-9)12-8-14(17)15(18)13(16)7-10(12)2/h3-8H,1-2H3,(H2,16,17,18). The smallest absolute Gasteiger partial charge is 0.224 e. The van der Waals surface area contributed by atoms with E-state index in [0.717, 1.165) is 16.7 Å². The van der Waals surface area contributed by atoms with E-state index in [2.05, 4.69) is 0 Å². The summed E-state index contributed by atoms with van der Waals surface area (Å²) in [6.45, 7) is 3.76. The quantitative estimate of drug-likeness (QED) is 0.808. The molecule has 0 aromatic heterocycles. The van der Waals surface area contributed by atoms with Crippen molar-refractivity contribution in [2.24, 2.45) is 0 Å². The van der Waals surface area contributed by atoms with Gasteiger partial charge < -0.3 is 10.2 Å². The molecule has 0 atom stereocenters. The summed E-state index contributed by atoms with van der Waals surface area (Å²) in [5.74, 6) is -1.01. The molecule has 0 bridgehead atoms. The maximum atomic E-state index is 11.5. The van der Waals surface area contributed by atoms with Crippen molar-refractivity contribution in [3.63, 3.8) is 0 Å². The van der Waals surface area contributed by atoms with Gasteiger partial charge in [0, 0.05) is 0 Å². The van der Waals surface area contributed by atoms with Crippen molar-refractivity contribution >= 4 is 0 Å². The first-order chi connectivity index (χ1) is 8.49. The average molecular weight is 242 g/mol. The Labute approximate surface area is 105 Å². The van der Waals surface area contributed by atoms with E-state index in [-0.39, 0.29) is 0 Å². The second-order valence-electron chi connectivity index (χ2n) is 4.35. The monoisotopic (exact) mass is 242 g/mol. The molecule has 0 fully saturated rings. The van der Waals surface area contributed by atoms with Crippen LogP contribution in [-0.2, 0) is 0 Å². The minimum atomic E-state index is -0.614. The molecular formula is C15H14O3. The van der Waals surface area contributed by atoms with Crippen molar-refractivity contribution in [3.8, 4) is 22.6 Å². The molecule has 2 aromatic carbocycles. The summed E-state index contributed by atoms with van der Waals surface area (Å²) in [4.78, 5) is 11.5. The topological polar surface area (TPSA) is 57.5 Å². The van der Waals surface area contributed by atoms with Crippen molar-refractivity contribution in [1.82, 2.24) is 0 Å². The van der Waals surface area contributed by atoms with Crippen LogP contribution in [0.25, 0.3) is 11.1 Å². The predicted molar refractivity (Wildman–Crippen MR) is 71.0 cm³/mol. The molecule has 0 radical (unpaired) electrons. The molecule has 0 aliphatic rings. The molecule has 0 aliphatic carbocycles. The van der Waals surface area contributed by atoms with Gasteiger partial charge in [-0.3, -0.25) is 4.79 Å². The third-order valence-corrected chi connectivity index (χ3v) is 2.89. The van der Waals surface area contributed by atoms with Crippen LogP contribution >= 0.6 is 0 Å². The van der Waals surface area contributed by atoms with Gasteiger partial charge in [0.15, 0.2) is 5.75 Å². The minimum Gasteiger partial charge on any atom is -0.504 e. The van der Waals surface area contributed by atoms with Gasteiger partial charge in [-0.25, -0.2) is 0 Å². The third kappa shape index (κ3) is 2.20. The van der Waals surface area contributed by atoms with Crippen LogP contribution < -0.4 is 5.43 Å². The number of hydrogen-bond acceptors (Lipinski definition) is 3. The van der Waals surface area contributed by atoms with Crippen LogP contribution in [0.2, 0.25) is 0 Å². The number of rotatable bonds is 1. The first-order valence-electron chi connectivity index (χ1n) is 5.63. The summed E-state index contributed by atoms with van der Waals surface area (Å²) in [5, 5.41) is 19.1. The van der Waals surface area contributed by atoms with Gasteiger partial charge >= 0.3 is 0 Å². The summed E-state index contributed by atoms with van der Waals surface area (Å²) < 4.78 is 0. The number of aryl methyl sites for hydroxylation is 2. The molecular weight excluding hydrogens is 228 g/mol. The minimum absolute atomic E-state index is 0.399. The fraction of sp³-hybridized carbons (Fsp3) is 0.133. The van der Waals surface area contributed by atoms with Gasteiger partial charge in [-0.05, 0) is 42.7 Å². The van der Waals surface area contributed by atoms with Gasteiger partial charge in [-0.1, -0.05) is 29.8 Å². The highest BCUT2D eigenvalue weighted by Crippen LogP contribution is 2.28. The van der Waals surface area contributed by atoms with Gasteiger partial charge in [0.2, 0.25) is 11.2 Å². The fourth-order valence-electron chi connectivity index (χ4n) is 1.83. The summed E-state index contributed by atoms with van der Waals surface area (Å²) in [5.41, 5.74) is 2.88. The molecule has 2 aromatic rings. The summed E-state index contributed by atoms with van der Waals surface area (Å²) >= 11 is 0. The molecule has 0 saturated heterocycles. The molecule has 0 spiro atoms. The Morgan fingerprint density at radius 1 is 0.944 bits per heavy atom. The van der Waals surface area contributed by atoms with Crippen molar-refractivity contribution < 1.29 is 10.2 Å². The summed E-state index contributed by atoms with van der Waals surface area (Å²) in [7, 11) is 0. The lowest BCUT2D eigenvalue weighted by molar-refractivity contribution is 0.402. The summed E-state index contributed by atoms with van der Waals surface area (Å²) in [6.07, 6.45) is 0. The first-order valence-corrected chi connectivity index (χ1v) is 5.63. The van der Waals surface area contributed by atoms with Crippen LogP contribution in [0.15, 0.2) is 41.2 Å². The van der Waals surface area contributed by atoms with E-state index in [9.17, 15) is 15.0 Å². The van der Waals surface area contributed by atoms with Gasteiger partial charge in [0.1, 0.15) is 0 Å². The van der Waals surface area contributed by atoms with Crippen LogP contribution in [0.1, 0.15) is 11.1 Å². The van der Waals surface area contributed by atoms with E-state index in [1.807, 2.05) is 31.2 Å². The predicted octanol–water partition coefficient (Wildman–Crippen LogP) is 2.74. The zero-order valence-electron chi connectivity index (χ0n) is 10.3. The van der Waals surface area contributed by atoms with E-state index in [4.69, 9.17) is 0 Å². The Hall–Kier alpha value is -2.29. The Kier molecular flexibility index (Phi) is 3.06. The molecule has 2 rings (SSSR count). The number of aromatic hydroxyl groups is 2. The highest BCUT2D eigenvalue weighted by molar-refractivity contribution is 5.69. The maximum Gasteiger partial charge on any atom is 0.224 e. The van der Waals surface area contributed by atoms with Crippen molar-refractivity contribution in [3.05, 3.63) is 57.7 Å². The molecule has 0 aliphatic heterocycles. The normalized spacial score (nSPS) is 10.3. The lowest BCUT2D eigenvalue weighted by Crippen LogP contribution is -1.94. The van der Waals surface area contributed by atoms with E-state index >= 15 is 0 Å². The van der Waals surface area contributed by atoms with Crippen molar-refractivity contribution in [2.75, 3.05) is 0 Å². The largest absolute Gasteiger partial charge is 0.504 e. The molecule has 0 saturated carbocycles. The molecule has 92 valence electrons. The van der Waals surface area contributed by atoms with Crippen LogP contribution in [0, 0.1) is 13.8 Å². The van der Waals surface area contributed by atoms with Gasteiger partial charge in [0.05, 0.1) is 0 Å². The Bertz CT molecular complexity index is 643. The second-order valence-corrected chi connectivity index (χ2v) is 4.35. The van der Waals surface area contributed by atoms with Gasteiger partial charge in [-0.2, -0.15) is 0 Å². The summed E-state index contributed by atoms with van der Waals surface area (Å²) in [6, 6.07) is 10.5. The van der Waals surface area contributed by atoms with Gasteiger partial charge in [-0.15, -0.1) is 0 Å². The molecule has 0 unspecified atom stereocenters. The third-order valence-electron chi connectivity index (χ3n) is 2.89. The Morgan fingerprint density at radius 3 is 2.17 bits per heavy atom. The zero-order valence-corrected chi connectivity index (χ0v) is 10.3. The number of hydrogen-bond donors (Lipinski definition) is 2. The van der Waals surface area contributed by atoms with E-state index in [0.29, 0.717) is 5.56 Å². The SMILES string of the molecule is Cc1ccc(-c2cc(O)c(O)c(=O)cc2C)cc1. The highest BCUT2D eigenvalue weighted by Gasteiger charge is 2.08. The molecule has 3 nitrogen and oxygen atoms in total. The average Bonchev–Trinajstić information content (AvgIpc) is 2.43. The first kappa shape index (κ1) is 12.2. The maximum absolute atomic E-state index is 11.5. The highest BCUT2D eigenvalue weighted by atomic mass is 16.3. The fourth-order valence-corrected chi connectivity index (χ4v) is 1.83. The Balaban J connectivity index is 2.73. The van der Waals surface area contributed by atoms with E-state index in [1.54, 1.807) is 6.92 Å². The Morgan fingerprint density at radius 2 is 1.56 bits per heavy atom. The lowest BCUT2D eigenvalue weighted by Gasteiger charge is -2.03. The second kappa shape index (κ2) is 4.53. The zero-order chi connectivity index (χ0) is 13.3. The lowest BCUT2D eigenvalue weighted by atomic mass is 10.0. The van der Waals surface area contributed by atoms with E-state index < -0.39 is 16.9 Å². The van der Waals surface area contributed by atoms with Crippen LogP contribution in [0.3, 0.4) is 0 Å². The number of benzene rings is 1. The van der Waals surface area contributed by atoms with Crippen molar-refractivity contribution in [2.45, 2.75) is 13.8 Å². The van der Waals surface area contributed by atoms with Gasteiger partial charge in [0.25, 0.3) is 0 Å². The van der Waals surface area contributed by atoms with E-state index in [1.165, 1.54) is 12.1 Å². The molecule has 3 heteroatoms. The molecule has 0 amide bonds. The van der Waals surface area contributed by atoms with Crippen molar-refractivity contribution in [1.29, 1.82) is 0 Å². The molecule has 0 heterocycles. The van der Waals surface area contributed by atoms with Crippen LogP contribution in [0.4, 0.5) is 0 Å². The van der Waals surface area contributed by atoms with Crippen LogP contribution in [-0.4, -0.2) is 10.2 Å². The molecule has 2 N–H and O–H groups in total. The molecule has 18 heavy (non-hydrogen) atoms.